The van der Waals surface area contributed by atoms with Gasteiger partial charge in [-0.2, -0.15) is 0 Å². The van der Waals surface area contributed by atoms with E-state index < -0.39 is 0 Å². The smallest absolute Gasteiger partial charge is 0.172 e. The molecule has 0 spiro atoms. The van der Waals surface area contributed by atoms with Gasteiger partial charge in [-0.3, -0.25) is 0 Å². The molecule has 0 radical (unpaired) electrons. The maximum atomic E-state index is 14.3. The van der Waals surface area contributed by atoms with Crippen molar-refractivity contribution in [1.29, 1.82) is 0 Å². The Kier molecular flexibility index (Phi) is 4.13. The molecule has 1 aliphatic rings. The molecule has 2 nitrogen and oxygen atoms in total. The van der Waals surface area contributed by atoms with Gasteiger partial charge in [-0.1, -0.05) is 29.8 Å². The maximum Gasteiger partial charge on any atom is 0.172 e. The molecule has 3 rings (SSSR count). The Morgan fingerprint density at radius 1 is 1.29 bits per heavy atom. The second-order valence-corrected chi connectivity index (χ2v) is 5.69. The van der Waals surface area contributed by atoms with Crippen molar-refractivity contribution in [2.24, 2.45) is 0 Å². The van der Waals surface area contributed by atoms with Crippen LogP contribution in [-0.4, -0.2) is 13.2 Å². The van der Waals surface area contributed by atoms with E-state index in [1.165, 1.54) is 20.0 Å². The monoisotopic (exact) mass is 305 g/mol. The van der Waals surface area contributed by atoms with Crippen LogP contribution in [0.15, 0.2) is 36.4 Å². The van der Waals surface area contributed by atoms with Crippen LogP contribution in [0.1, 0.15) is 18.4 Å². The summed E-state index contributed by atoms with van der Waals surface area (Å²) in [4.78, 5) is 0. The van der Waals surface area contributed by atoms with Crippen LogP contribution in [0.2, 0.25) is 5.02 Å². The average Bonchev–Trinajstić information content (AvgIpc) is 3.31. The fourth-order valence-electron chi connectivity index (χ4n) is 2.31. The van der Waals surface area contributed by atoms with Crippen molar-refractivity contribution in [3.05, 3.63) is 52.8 Å². The van der Waals surface area contributed by atoms with Gasteiger partial charge in [0, 0.05) is 23.2 Å². The van der Waals surface area contributed by atoms with E-state index in [-0.39, 0.29) is 11.6 Å². The van der Waals surface area contributed by atoms with Crippen LogP contribution < -0.4 is 10.1 Å². The second kappa shape index (κ2) is 6.04. The Hall–Kier alpha value is -1.58. The van der Waals surface area contributed by atoms with Gasteiger partial charge in [0.15, 0.2) is 11.6 Å². The van der Waals surface area contributed by atoms with Crippen LogP contribution in [-0.2, 0) is 6.54 Å². The van der Waals surface area contributed by atoms with Crippen molar-refractivity contribution in [3.8, 4) is 16.9 Å². The van der Waals surface area contributed by atoms with Gasteiger partial charge < -0.3 is 10.1 Å². The summed E-state index contributed by atoms with van der Waals surface area (Å²) < 4.78 is 19.4. The predicted molar refractivity (Wildman–Crippen MR) is 83.3 cm³/mol. The molecule has 0 atom stereocenters. The first-order chi connectivity index (χ1) is 10.2. The van der Waals surface area contributed by atoms with Gasteiger partial charge in [0.25, 0.3) is 0 Å². The van der Waals surface area contributed by atoms with Crippen molar-refractivity contribution in [2.45, 2.75) is 25.4 Å². The first kappa shape index (κ1) is 14.4. The molecule has 0 saturated heterocycles. The number of rotatable bonds is 5. The molecule has 2 aromatic carbocycles. The number of hydrogen-bond donors (Lipinski definition) is 1. The highest BCUT2D eigenvalue weighted by molar-refractivity contribution is 6.31. The zero-order valence-corrected chi connectivity index (χ0v) is 12.6. The summed E-state index contributed by atoms with van der Waals surface area (Å²) in [6.45, 7) is 0.711. The van der Waals surface area contributed by atoms with E-state index in [0.29, 0.717) is 23.2 Å². The molecule has 1 N–H and O–H groups in total. The largest absolute Gasteiger partial charge is 0.494 e. The predicted octanol–water partition coefficient (Wildman–Crippen LogP) is 4.41. The Balaban J connectivity index is 1.92. The molecule has 0 bridgehead atoms. The number of ether oxygens (including phenoxy) is 1. The molecule has 0 aromatic heterocycles. The van der Waals surface area contributed by atoms with Crippen LogP contribution in [0, 0.1) is 5.82 Å². The van der Waals surface area contributed by atoms with Crippen molar-refractivity contribution in [1.82, 2.24) is 5.32 Å². The van der Waals surface area contributed by atoms with Crippen molar-refractivity contribution < 1.29 is 9.13 Å². The van der Waals surface area contributed by atoms with E-state index in [0.717, 1.165) is 11.1 Å². The topological polar surface area (TPSA) is 21.3 Å². The minimum Gasteiger partial charge on any atom is -0.494 e. The highest BCUT2D eigenvalue weighted by atomic mass is 35.5. The summed E-state index contributed by atoms with van der Waals surface area (Å²) >= 11 is 6.23. The molecule has 1 saturated carbocycles. The summed E-state index contributed by atoms with van der Waals surface area (Å²) in [5.41, 5.74) is 2.32. The molecule has 4 heteroatoms. The zero-order chi connectivity index (χ0) is 14.8. The number of benzene rings is 2. The first-order valence-electron chi connectivity index (χ1n) is 7.03. The quantitative estimate of drug-likeness (QED) is 0.883. The average molecular weight is 306 g/mol. The van der Waals surface area contributed by atoms with E-state index in [9.17, 15) is 4.39 Å². The SMILES string of the molecule is COc1cccc(-c2ccc(Cl)c(CNC3CC3)c2)c1F. The van der Waals surface area contributed by atoms with Gasteiger partial charge in [-0.15, -0.1) is 0 Å². The standard InChI is InChI=1S/C17H17ClFNO/c1-21-16-4-2-3-14(17(16)19)11-5-8-15(18)12(9-11)10-20-13-6-7-13/h2-5,8-9,13,20H,6-7,10H2,1H3. The third-order valence-electron chi connectivity index (χ3n) is 3.70. The number of halogens is 2. The summed E-state index contributed by atoms with van der Waals surface area (Å²) in [7, 11) is 1.47. The molecule has 0 unspecified atom stereocenters. The van der Waals surface area contributed by atoms with E-state index in [1.807, 2.05) is 18.2 Å². The van der Waals surface area contributed by atoms with Crippen LogP contribution in [0.3, 0.4) is 0 Å². The van der Waals surface area contributed by atoms with Gasteiger partial charge in [0.05, 0.1) is 7.11 Å². The second-order valence-electron chi connectivity index (χ2n) is 5.28. The number of nitrogens with one attached hydrogen (secondary N) is 1. The number of methoxy groups -OCH3 is 1. The lowest BCUT2D eigenvalue weighted by molar-refractivity contribution is 0.387. The molecule has 110 valence electrons. The van der Waals surface area contributed by atoms with Gasteiger partial charge in [0.2, 0.25) is 0 Å². The molecule has 0 aliphatic heterocycles. The van der Waals surface area contributed by atoms with Gasteiger partial charge in [-0.05, 0) is 42.2 Å². The summed E-state index contributed by atoms with van der Waals surface area (Å²) in [6.07, 6.45) is 2.45. The van der Waals surface area contributed by atoms with Crippen molar-refractivity contribution >= 4 is 11.6 Å². The summed E-state index contributed by atoms with van der Waals surface area (Å²) in [6, 6.07) is 11.4. The molecular weight excluding hydrogens is 289 g/mol. The summed E-state index contributed by atoms with van der Waals surface area (Å²) in [5.74, 6) is -0.0940. The van der Waals surface area contributed by atoms with Crippen LogP contribution in [0.5, 0.6) is 5.75 Å². The molecule has 1 aliphatic carbocycles. The third kappa shape index (κ3) is 3.20. The van der Waals surface area contributed by atoms with Crippen molar-refractivity contribution in [2.75, 3.05) is 7.11 Å². The molecule has 0 amide bonds. The lowest BCUT2D eigenvalue weighted by Crippen LogP contribution is -2.15. The molecule has 21 heavy (non-hydrogen) atoms. The first-order valence-corrected chi connectivity index (χ1v) is 7.41. The summed E-state index contributed by atoms with van der Waals surface area (Å²) in [5, 5.41) is 4.13. The minimum atomic E-state index is -0.344. The van der Waals surface area contributed by atoms with Crippen LogP contribution >= 0.6 is 11.6 Å². The lowest BCUT2D eigenvalue weighted by atomic mass is 10.0. The fraction of sp³-hybridized carbons (Fsp3) is 0.294. The van der Waals surface area contributed by atoms with E-state index in [1.54, 1.807) is 18.2 Å². The Bertz CT molecular complexity index is 655. The van der Waals surface area contributed by atoms with Crippen LogP contribution in [0.25, 0.3) is 11.1 Å². The highest BCUT2D eigenvalue weighted by Gasteiger charge is 2.20. The Morgan fingerprint density at radius 2 is 2.10 bits per heavy atom. The normalized spacial score (nSPS) is 14.2. The fourth-order valence-corrected chi connectivity index (χ4v) is 2.50. The maximum absolute atomic E-state index is 14.3. The molecule has 2 aromatic rings. The molecule has 0 heterocycles. The van der Waals surface area contributed by atoms with Gasteiger partial charge in [-0.25, -0.2) is 4.39 Å². The highest BCUT2D eigenvalue weighted by Crippen LogP contribution is 2.31. The third-order valence-corrected chi connectivity index (χ3v) is 4.07. The van der Waals surface area contributed by atoms with E-state index >= 15 is 0 Å². The zero-order valence-electron chi connectivity index (χ0n) is 11.8. The molecule has 1 fully saturated rings. The van der Waals surface area contributed by atoms with Crippen LogP contribution in [0.4, 0.5) is 4.39 Å². The number of hydrogen-bond acceptors (Lipinski definition) is 2. The van der Waals surface area contributed by atoms with Gasteiger partial charge in [0.1, 0.15) is 0 Å². The Labute approximate surface area is 128 Å². The van der Waals surface area contributed by atoms with Crippen molar-refractivity contribution in [3.63, 3.8) is 0 Å². The van der Waals surface area contributed by atoms with E-state index in [4.69, 9.17) is 16.3 Å². The van der Waals surface area contributed by atoms with Gasteiger partial charge >= 0.3 is 0 Å². The minimum absolute atomic E-state index is 0.250. The van der Waals surface area contributed by atoms with E-state index in [2.05, 4.69) is 5.32 Å². The lowest BCUT2D eigenvalue weighted by Gasteiger charge is -2.11. The molecular formula is C17H17ClFNO. The Morgan fingerprint density at radius 3 is 2.81 bits per heavy atom.